The molecule has 0 fully saturated rings. The molecule has 0 atom stereocenters. The van der Waals surface area contributed by atoms with E-state index in [1.807, 2.05) is 0 Å². The number of rotatable bonds is 13. The maximum atomic E-state index is 12.2. The number of nitrogens with zero attached hydrogens (tertiary/aromatic N) is 2. The molecule has 2 aromatic carbocycles. The molecule has 2 aliphatic heterocycles. The van der Waals surface area contributed by atoms with Crippen LogP contribution in [0.5, 0.6) is 0 Å². The fourth-order valence-electron chi connectivity index (χ4n) is 6.42. The zero-order chi connectivity index (χ0) is 36.4. The van der Waals surface area contributed by atoms with Crippen molar-refractivity contribution < 1.29 is 32.4 Å². The van der Waals surface area contributed by atoms with Crippen molar-refractivity contribution in [1.82, 2.24) is 10.6 Å². The summed E-state index contributed by atoms with van der Waals surface area (Å²) in [6, 6.07) is 17.9. The zero-order valence-corrected chi connectivity index (χ0v) is 29.8. The quantitative estimate of drug-likeness (QED) is 0.144. The van der Waals surface area contributed by atoms with Gasteiger partial charge in [0.15, 0.2) is 5.71 Å². The second-order valence-electron chi connectivity index (χ2n) is 13.7. The normalized spacial score (nSPS) is 17.1. The van der Waals surface area contributed by atoms with Crippen LogP contribution in [0.15, 0.2) is 84.6 Å². The number of anilines is 1. The molecular formula is C39H51F3N4O3. The molecule has 1 amide bonds. The Balaban J connectivity index is 0.000000838. The standard InChI is InChI=1S/C37H50N4O.C2HF3O2/c1-28(2)38-25-26-39-35(42)24-12-9-17-27-41-32-21-16-14-19-30(32)37(5,6)34(41)23-11-8-10-22-33-36(3,4)29-18-13-15-20-31(29)40(33)7;3-2(4,5)1(6)7/h8,10-11,13-16,18-23,28,38H,9,12,17,24-27H2,1-7H3;(H,6,7). The molecular weight excluding hydrogens is 629 g/mol. The number of halogens is 3. The topological polar surface area (TPSA) is 87.5 Å². The molecule has 2 aromatic rings. The fraction of sp³-hybridized carbons (Fsp3) is 0.462. The molecule has 10 heteroatoms. The van der Waals surface area contributed by atoms with E-state index in [9.17, 15) is 18.0 Å². The highest BCUT2D eigenvalue weighted by molar-refractivity contribution is 6.03. The van der Waals surface area contributed by atoms with Crippen LogP contribution in [0.3, 0.4) is 0 Å². The van der Waals surface area contributed by atoms with Gasteiger partial charge in [-0.15, -0.1) is 0 Å². The third kappa shape index (κ3) is 10.2. The van der Waals surface area contributed by atoms with Crippen LogP contribution >= 0.6 is 0 Å². The summed E-state index contributed by atoms with van der Waals surface area (Å²) in [7, 11) is 2.16. The van der Waals surface area contributed by atoms with Crippen molar-refractivity contribution in [3.05, 3.63) is 95.7 Å². The van der Waals surface area contributed by atoms with Gasteiger partial charge in [-0.05, 0) is 44.4 Å². The second kappa shape index (κ2) is 17.0. The lowest BCUT2D eigenvalue weighted by Gasteiger charge is -2.27. The summed E-state index contributed by atoms with van der Waals surface area (Å²) in [5.41, 5.74) is 7.87. The van der Waals surface area contributed by atoms with Crippen LogP contribution in [0.25, 0.3) is 0 Å². The molecule has 0 saturated heterocycles. The highest BCUT2D eigenvalue weighted by atomic mass is 19.4. The summed E-state index contributed by atoms with van der Waals surface area (Å²) in [5, 5.41) is 15.1. The lowest BCUT2D eigenvalue weighted by atomic mass is 9.81. The molecule has 0 bridgehead atoms. The highest BCUT2D eigenvalue weighted by Gasteiger charge is 2.42. The minimum Gasteiger partial charge on any atom is -0.542 e. The number of hydrogen-bond acceptors (Lipinski definition) is 5. The van der Waals surface area contributed by atoms with E-state index in [0.29, 0.717) is 19.0 Å². The number of alkyl halides is 3. The maximum Gasteiger partial charge on any atom is 0.430 e. The van der Waals surface area contributed by atoms with Crippen LogP contribution in [0.2, 0.25) is 0 Å². The Morgan fingerprint density at radius 2 is 1.53 bits per heavy atom. The minimum absolute atomic E-state index is 0.0221. The molecule has 0 spiro atoms. The van der Waals surface area contributed by atoms with Crippen molar-refractivity contribution >= 4 is 29.0 Å². The molecule has 0 aliphatic carbocycles. The first-order valence-corrected chi connectivity index (χ1v) is 16.9. The number of fused-ring (bicyclic) bond motifs is 2. The van der Waals surface area contributed by atoms with Gasteiger partial charge in [0.25, 0.3) is 0 Å². The Bertz CT molecular complexity index is 1590. The monoisotopic (exact) mass is 680 g/mol. The maximum absolute atomic E-state index is 12.2. The molecule has 7 nitrogen and oxygen atoms in total. The smallest absolute Gasteiger partial charge is 0.430 e. The van der Waals surface area contributed by atoms with Crippen molar-refractivity contribution in [1.29, 1.82) is 0 Å². The van der Waals surface area contributed by atoms with E-state index >= 15 is 0 Å². The van der Waals surface area contributed by atoms with E-state index in [-0.39, 0.29) is 16.7 Å². The number of carboxylic acid groups (broad SMARTS) is 1. The summed E-state index contributed by atoms with van der Waals surface area (Å²) in [6.45, 7) is 15.9. The largest absolute Gasteiger partial charge is 0.542 e. The predicted octanol–water partition coefficient (Wildman–Crippen LogP) is 6.46. The van der Waals surface area contributed by atoms with Crippen LogP contribution in [0, 0.1) is 0 Å². The lowest BCUT2D eigenvalue weighted by molar-refractivity contribution is -0.401. The van der Waals surface area contributed by atoms with Crippen LogP contribution < -0.4 is 20.6 Å². The number of hydrogen-bond donors (Lipinski definition) is 2. The Morgan fingerprint density at radius 3 is 2.16 bits per heavy atom. The Morgan fingerprint density at radius 1 is 0.898 bits per heavy atom. The summed E-state index contributed by atoms with van der Waals surface area (Å²) < 4.78 is 33.9. The molecule has 0 saturated carbocycles. The van der Waals surface area contributed by atoms with Crippen LogP contribution in [-0.2, 0) is 20.4 Å². The third-order valence-electron chi connectivity index (χ3n) is 8.99. The van der Waals surface area contributed by atoms with Crippen molar-refractivity contribution in [2.24, 2.45) is 0 Å². The molecule has 2 N–H and O–H groups in total. The number of amides is 1. The van der Waals surface area contributed by atoms with Gasteiger partial charge in [-0.1, -0.05) is 88.7 Å². The van der Waals surface area contributed by atoms with Gasteiger partial charge in [0.1, 0.15) is 13.0 Å². The van der Waals surface area contributed by atoms with Crippen molar-refractivity contribution in [2.45, 2.75) is 90.3 Å². The molecule has 266 valence electrons. The zero-order valence-electron chi connectivity index (χ0n) is 29.8. The van der Waals surface area contributed by atoms with Gasteiger partial charge in [-0.2, -0.15) is 17.7 Å². The van der Waals surface area contributed by atoms with Gasteiger partial charge in [-0.3, -0.25) is 4.79 Å². The lowest BCUT2D eigenvalue weighted by Crippen LogP contribution is -2.37. The summed E-state index contributed by atoms with van der Waals surface area (Å²) in [4.78, 5) is 23.5. The van der Waals surface area contributed by atoms with Crippen molar-refractivity contribution in [3.63, 3.8) is 0 Å². The number of aliphatic carboxylic acids is 1. The summed E-state index contributed by atoms with van der Waals surface area (Å²) in [5.74, 6) is -2.85. The molecule has 0 radical (unpaired) electrons. The third-order valence-corrected chi connectivity index (χ3v) is 8.99. The number of allylic oxidation sites excluding steroid dienone is 6. The number of unbranched alkanes of at least 4 members (excludes halogenated alkanes) is 2. The number of benzene rings is 2. The average molecular weight is 681 g/mol. The van der Waals surface area contributed by atoms with Gasteiger partial charge in [0, 0.05) is 66.6 Å². The summed E-state index contributed by atoms with van der Waals surface area (Å²) in [6.07, 6.45) is 9.43. The first-order valence-electron chi connectivity index (χ1n) is 16.9. The van der Waals surface area contributed by atoms with E-state index in [1.165, 1.54) is 33.9 Å². The molecule has 0 unspecified atom stereocenters. The minimum atomic E-state index is -5.19. The first kappa shape index (κ1) is 39.3. The van der Waals surface area contributed by atoms with Gasteiger partial charge >= 0.3 is 6.18 Å². The Kier molecular flexibility index (Phi) is 13.6. The van der Waals surface area contributed by atoms with Crippen molar-refractivity contribution in [2.75, 3.05) is 31.6 Å². The fourth-order valence-corrected chi connectivity index (χ4v) is 6.42. The number of para-hydroxylation sites is 2. The van der Waals surface area contributed by atoms with Crippen LogP contribution in [0.4, 0.5) is 24.5 Å². The molecule has 0 aromatic heterocycles. The van der Waals surface area contributed by atoms with Gasteiger partial charge < -0.3 is 25.4 Å². The first-order chi connectivity index (χ1) is 23.0. The second-order valence-corrected chi connectivity index (χ2v) is 13.7. The van der Waals surface area contributed by atoms with E-state index in [2.05, 4.69) is 148 Å². The molecule has 4 rings (SSSR count). The predicted molar refractivity (Wildman–Crippen MR) is 189 cm³/mol. The van der Waals surface area contributed by atoms with Gasteiger partial charge in [0.2, 0.25) is 11.6 Å². The van der Waals surface area contributed by atoms with Crippen LogP contribution in [0.1, 0.15) is 78.4 Å². The SMILES string of the molecule is CC(C)NCCNC(=O)CCCCCN1/C(=C/C=C/C=C/C2=[N+](C)c3ccccc3C2(C)C)C(C)(C)c2ccccc21.O=C([O-])C(F)(F)F. The van der Waals surface area contributed by atoms with Crippen LogP contribution in [-0.4, -0.2) is 61.1 Å². The van der Waals surface area contributed by atoms with E-state index in [4.69, 9.17) is 9.90 Å². The average Bonchev–Trinajstić information content (AvgIpc) is 3.37. The van der Waals surface area contributed by atoms with Crippen molar-refractivity contribution in [3.8, 4) is 0 Å². The van der Waals surface area contributed by atoms with E-state index < -0.39 is 12.1 Å². The number of nitrogens with one attached hydrogen (secondary N) is 2. The summed E-state index contributed by atoms with van der Waals surface area (Å²) >= 11 is 0. The van der Waals surface area contributed by atoms with Gasteiger partial charge in [0.05, 0.1) is 5.41 Å². The number of carbonyl (C=O) groups excluding carboxylic acids is 2. The van der Waals surface area contributed by atoms with E-state index in [0.717, 1.165) is 32.4 Å². The molecule has 2 aliphatic rings. The number of carbonyl (C=O) groups is 2. The molecule has 49 heavy (non-hydrogen) atoms. The Labute approximate surface area is 289 Å². The van der Waals surface area contributed by atoms with Gasteiger partial charge in [-0.25, -0.2) is 0 Å². The Hall–Kier alpha value is -4.18. The number of carboxylic acids is 1. The van der Waals surface area contributed by atoms with E-state index in [1.54, 1.807) is 0 Å². The highest BCUT2D eigenvalue weighted by Crippen LogP contribution is 2.47. The molecule has 2 heterocycles.